The molecule has 4 heterocycles. The molecule has 0 amide bonds. The summed E-state index contributed by atoms with van der Waals surface area (Å²) < 4.78 is 0. The number of pyridine rings is 3. The second kappa shape index (κ2) is 39.1. The molecule has 565 valence electrons. The van der Waals surface area contributed by atoms with E-state index in [4.69, 9.17) is 0 Å². The van der Waals surface area contributed by atoms with Crippen LogP contribution in [0.25, 0.3) is 52.8 Å². The van der Waals surface area contributed by atoms with Gasteiger partial charge in [-0.3, -0.25) is 15.0 Å². The van der Waals surface area contributed by atoms with E-state index in [2.05, 4.69) is 321 Å². The molecule has 0 spiro atoms. The standard InChI is InChI=1S/C15H16.C15H14.C12H10.C11H12.3C10H11N.C9H10S.2C7H10.V/c2*1-10-3-4-12-8-14-6-11(2)7-15(14)9-13(12)5-10;1-10-7-8-12(9-10)11-5-3-2-4-6-11;1-8-3-4-10-6-9(2)7-11(10)5-8;1-7-3-9-4-8(2)6-11-10(9)5-7;1-7-3-9-5-8(2)11-6-10(9)4-7;1-7-5-9-4-3-8(2)11-10(9)6-7;1-6-3-8-5-7(2)10-9(8)4-6;2*1-6-3-4-7(2)5-6;/h3-5,7H,6,8-9H2,1-2H3;3-5,7-9H,6H2,1-2H3;2-5,7H,9H2,1H3;3-6H,7H2,1-2H3;2*4-6H,3H2,1-2H3;3-5H,6H2,1-2H3;4-5H,3H2,1-2H3;3,5H,4H2,1-2H3;3-4H,5H2,1-2H3;/q;;-2;;;;;;;;+2. The van der Waals surface area contributed by atoms with Crippen molar-refractivity contribution >= 4 is 64.1 Å². The summed E-state index contributed by atoms with van der Waals surface area (Å²) in [5.41, 5.74) is 48.9. The van der Waals surface area contributed by atoms with Crippen LogP contribution in [0.2, 0.25) is 0 Å². The van der Waals surface area contributed by atoms with Crippen molar-refractivity contribution in [3.8, 4) is 0 Å². The number of rotatable bonds is 1. The predicted molar refractivity (Wildman–Crippen MR) is 479 cm³/mol. The minimum atomic E-state index is 0. The van der Waals surface area contributed by atoms with E-state index in [1.165, 1.54) is 209 Å². The third kappa shape index (κ3) is 24.5. The Balaban J connectivity index is 0.000000132. The van der Waals surface area contributed by atoms with Crippen LogP contribution in [0.4, 0.5) is 0 Å². The smallest absolute Gasteiger partial charge is 0.261 e. The summed E-state index contributed by atoms with van der Waals surface area (Å²) in [6.45, 7) is 40.8. The first kappa shape index (κ1) is 83.9. The van der Waals surface area contributed by atoms with E-state index in [0.717, 1.165) is 62.0 Å². The Morgan fingerprint density at radius 1 is 0.360 bits per heavy atom. The van der Waals surface area contributed by atoms with Gasteiger partial charge in [0.05, 0.1) is 11.4 Å². The molecule has 0 saturated heterocycles. The first-order valence-corrected chi connectivity index (χ1v) is 40.5. The Morgan fingerprint density at radius 3 is 1.62 bits per heavy atom. The van der Waals surface area contributed by atoms with Crippen molar-refractivity contribution in [2.24, 2.45) is 0 Å². The molecule has 9 aromatic rings. The summed E-state index contributed by atoms with van der Waals surface area (Å²) in [5, 5.41) is 2.72. The number of allylic oxidation sites excluding steroid dienone is 22. The summed E-state index contributed by atoms with van der Waals surface area (Å²) in [6.07, 6.45) is 47.5. The van der Waals surface area contributed by atoms with Gasteiger partial charge in [-0.1, -0.05) is 218 Å². The first-order chi connectivity index (χ1) is 52.6. The van der Waals surface area contributed by atoms with E-state index in [1.54, 1.807) is 22.3 Å². The van der Waals surface area contributed by atoms with Crippen LogP contribution in [-0.2, 0) is 69.9 Å². The molecular formula is C106H115N3SV. The molecule has 11 aliphatic rings. The fraction of sp³-hybridized carbons (Fsp3) is 0.292. The molecule has 5 heteroatoms. The molecular weight excluding hydrogens is 1400 g/mol. The van der Waals surface area contributed by atoms with Gasteiger partial charge < -0.3 is 0 Å². The van der Waals surface area contributed by atoms with Crippen LogP contribution >= 0.6 is 11.3 Å². The summed E-state index contributed by atoms with van der Waals surface area (Å²) in [6, 6.07) is 47.0. The summed E-state index contributed by atoms with van der Waals surface area (Å²) in [4.78, 5) is 15.9. The maximum atomic E-state index is 4.45. The number of fused-ring (bicyclic) bond motifs is 8. The van der Waals surface area contributed by atoms with E-state index in [9.17, 15) is 0 Å². The Morgan fingerprint density at radius 2 is 0.964 bits per heavy atom. The molecule has 1 radical (unpaired) electrons. The topological polar surface area (TPSA) is 38.7 Å². The average molecular weight is 1510 g/mol. The Kier molecular flexibility index (Phi) is 29.5. The normalized spacial score (nSPS) is 15.7. The van der Waals surface area contributed by atoms with E-state index >= 15 is 0 Å². The molecule has 0 aliphatic heterocycles. The fourth-order valence-electron chi connectivity index (χ4n) is 15.7. The van der Waals surface area contributed by atoms with Crippen LogP contribution < -0.4 is 0 Å². The summed E-state index contributed by atoms with van der Waals surface area (Å²) in [7, 11) is 0. The molecule has 20 rings (SSSR count). The van der Waals surface area contributed by atoms with Crippen molar-refractivity contribution < 1.29 is 18.6 Å². The fourth-order valence-corrected chi connectivity index (χ4v) is 16.8. The largest absolute Gasteiger partial charge is 2.00 e. The van der Waals surface area contributed by atoms with Crippen LogP contribution in [0, 0.1) is 60.6 Å². The minimum absolute atomic E-state index is 0. The van der Waals surface area contributed by atoms with Crippen LogP contribution in [0.5, 0.6) is 0 Å². The second-order valence-corrected chi connectivity index (χ2v) is 34.0. The van der Waals surface area contributed by atoms with Gasteiger partial charge in [0, 0.05) is 40.0 Å². The number of benzene rings is 5. The van der Waals surface area contributed by atoms with Gasteiger partial charge in [-0.25, -0.2) is 23.3 Å². The van der Waals surface area contributed by atoms with Gasteiger partial charge in [-0.15, -0.1) is 23.8 Å². The van der Waals surface area contributed by atoms with Crippen LogP contribution in [0.3, 0.4) is 0 Å². The summed E-state index contributed by atoms with van der Waals surface area (Å²) in [5.74, 6) is 0. The van der Waals surface area contributed by atoms with Crippen molar-refractivity contribution in [1.82, 2.24) is 15.0 Å². The monoisotopic (exact) mass is 1510 g/mol. The van der Waals surface area contributed by atoms with Crippen LogP contribution in [0.15, 0.2) is 248 Å². The number of thiophene rings is 1. The van der Waals surface area contributed by atoms with Gasteiger partial charge in [0.2, 0.25) is 0 Å². The third-order valence-corrected chi connectivity index (χ3v) is 22.1. The quantitative estimate of drug-likeness (QED) is 0.154. The Bertz CT molecular complexity index is 5140. The Labute approximate surface area is 683 Å². The number of hydrogen-bond donors (Lipinski definition) is 0. The SMILES string of the molecule is CC1=CC2=C(C1)Cc1ccc(C)cc1C2.CC1=CC=C(C)C1.CC1=CCC(C)=C1.CC1=C[C-]=C(c2[c-]cccc2)C1.CC1=Cc2cc3cc(C)ccc3cc2C1.CC1=Cc2ccc(C)cc2C1.CC1=Cc2ccc(C)nc2C1.CC1=Cc2cnc(C)cc2C1.CC1=Cc2ncc(C)cc2C1.CC1=Cc2sc(C)cc2C1.[V+2]. The molecule has 0 bridgehead atoms. The van der Waals surface area contributed by atoms with E-state index < -0.39 is 0 Å². The molecule has 0 saturated carbocycles. The number of aromatic nitrogens is 3. The molecule has 0 N–H and O–H groups in total. The molecule has 5 aromatic carbocycles. The van der Waals surface area contributed by atoms with Crippen molar-refractivity contribution in [2.75, 3.05) is 0 Å². The molecule has 0 fully saturated rings. The zero-order valence-electron chi connectivity index (χ0n) is 69.8. The predicted octanol–water partition coefficient (Wildman–Crippen LogP) is 28.5. The molecule has 3 nitrogen and oxygen atoms in total. The van der Waals surface area contributed by atoms with Crippen molar-refractivity contribution in [3.63, 3.8) is 0 Å². The van der Waals surface area contributed by atoms with E-state index in [0.29, 0.717) is 0 Å². The average Bonchev–Trinajstić information content (AvgIpc) is 1.62. The molecule has 4 aromatic heterocycles. The van der Waals surface area contributed by atoms with Crippen LogP contribution in [-0.4, -0.2) is 15.0 Å². The maximum absolute atomic E-state index is 4.45. The maximum Gasteiger partial charge on any atom is 2.00 e. The van der Waals surface area contributed by atoms with Crippen molar-refractivity contribution in [2.45, 2.75) is 209 Å². The van der Waals surface area contributed by atoms with Crippen molar-refractivity contribution in [3.05, 3.63) is 382 Å². The zero-order chi connectivity index (χ0) is 78.3. The minimum Gasteiger partial charge on any atom is -0.261 e. The van der Waals surface area contributed by atoms with Gasteiger partial charge >= 0.3 is 18.6 Å². The van der Waals surface area contributed by atoms with Gasteiger partial charge in [-0.2, -0.15) is 29.8 Å². The van der Waals surface area contributed by atoms with Crippen LogP contribution in [0.1, 0.15) is 230 Å². The third-order valence-electron chi connectivity index (χ3n) is 21.1. The molecule has 0 atom stereocenters. The van der Waals surface area contributed by atoms with E-state index in [-0.39, 0.29) is 18.6 Å². The van der Waals surface area contributed by atoms with Crippen molar-refractivity contribution in [1.29, 1.82) is 0 Å². The van der Waals surface area contributed by atoms with Gasteiger partial charge in [-0.05, 0) is 308 Å². The van der Waals surface area contributed by atoms with Gasteiger partial charge in [0.15, 0.2) is 0 Å². The Hall–Kier alpha value is -9.55. The van der Waals surface area contributed by atoms with Gasteiger partial charge in [0.1, 0.15) is 0 Å². The second-order valence-electron chi connectivity index (χ2n) is 32.8. The van der Waals surface area contributed by atoms with Gasteiger partial charge in [0.25, 0.3) is 0 Å². The first-order valence-electron chi connectivity index (χ1n) is 39.7. The molecule has 11 aliphatic carbocycles. The summed E-state index contributed by atoms with van der Waals surface area (Å²) >= 11 is 1.90. The number of aryl methyl sites for hydroxylation is 7. The molecule has 0 unspecified atom stereocenters. The number of hydrogen-bond acceptors (Lipinski definition) is 4. The van der Waals surface area contributed by atoms with E-state index in [1.807, 2.05) is 55.8 Å². The molecule has 111 heavy (non-hydrogen) atoms. The zero-order valence-corrected chi connectivity index (χ0v) is 72.0. The number of nitrogens with zero attached hydrogens (tertiary/aromatic N) is 3.